The first-order chi connectivity index (χ1) is 17.3. The fourth-order valence-corrected chi connectivity index (χ4v) is 3.20. The van der Waals surface area contributed by atoms with Crippen LogP contribution in [0.4, 0.5) is 22.0 Å². The summed E-state index contributed by atoms with van der Waals surface area (Å²) in [5, 5.41) is 5.35. The van der Waals surface area contributed by atoms with E-state index in [1.54, 1.807) is 37.5 Å². The van der Waals surface area contributed by atoms with E-state index >= 15 is 0 Å². The number of halogens is 5. The Balaban J connectivity index is 0.000000264. The molecule has 0 unspecified atom stereocenters. The lowest BCUT2D eigenvalue weighted by molar-refractivity contribution is -0.0877. The van der Waals surface area contributed by atoms with Gasteiger partial charge in [0.25, 0.3) is 5.91 Å². The lowest BCUT2D eigenvalue weighted by atomic mass is 10.0. The molecule has 2 aromatic carbocycles. The van der Waals surface area contributed by atoms with Gasteiger partial charge in [-0.05, 0) is 79.4 Å². The van der Waals surface area contributed by atoms with E-state index in [4.69, 9.17) is 0 Å². The molecule has 0 radical (unpaired) electrons. The highest BCUT2D eigenvalue weighted by atomic mass is 19.4. The van der Waals surface area contributed by atoms with Crippen molar-refractivity contribution in [2.24, 2.45) is 0 Å². The topological polar surface area (TPSA) is 54.0 Å². The van der Waals surface area contributed by atoms with Gasteiger partial charge in [0, 0.05) is 31.4 Å². The van der Waals surface area contributed by atoms with Crippen molar-refractivity contribution in [3.8, 4) is 0 Å². The molecule has 3 aromatic rings. The number of hydrogen-bond acceptors (Lipinski definition) is 3. The molecule has 0 atom stereocenters. The molecule has 4 nitrogen and oxygen atoms in total. The predicted molar refractivity (Wildman–Crippen MR) is 135 cm³/mol. The molecule has 0 aliphatic rings. The predicted octanol–water partition coefficient (Wildman–Crippen LogP) is 6.58. The maximum Gasteiger partial charge on any atom is 0.415 e. The third-order valence-corrected chi connectivity index (χ3v) is 5.37. The molecule has 1 aromatic heterocycles. The summed E-state index contributed by atoms with van der Waals surface area (Å²) in [6, 6.07) is 12.1. The molecule has 9 heteroatoms. The summed E-state index contributed by atoms with van der Waals surface area (Å²) in [5.41, 5.74) is 3.64. The minimum Gasteiger partial charge on any atom is -0.386 e. The van der Waals surface area contributed by atoms with Crippen LogP contribution in [0.25, 0.3) is 5.70 Å². The molecule has 0 saturated heterocycles. The molecule has 1 amide bonds. The number of amides is 1. The standard InChI is InChI=1S/C16H15F2NO.C12H13F3N2/c1-10-4-3-5-15(11(10)2)16(20)19-9-12-6-13(17)8-14(18)7-12;1-8-4-5-17-11(6-8)10(16-3)7-9(2)12(13,14)15/h3-8H,9H2,1-2H3,(H,19,20);4-7,16H,2H2,1,3H3/b;10-7-. The van der Waals surface area contributed by atoms with Gasteiger partial charge in [-0.15, -0.1) is 0 Å². The highest BCUT2D eigenvalue weighted by molar-refractivity contribution is 5.95. The number of nitrogens with one attached hydrogen (secondary N) is 2. The summed E-state index contributed by atoms with van der Waals surface area (Å²) in [6.07, 6.45) is -1.93. The molecule has 0 aliphatic heterocycles. The number of aromatic nitrogens is 1. The van der Waals surface area contributed by atoms with E-state index in [1.165, 1.54) is 12.1 Å². The Hall–Kier alpha value is -4.01. The second-order valence-electron chi connectivity index (χ2n) is 8.26. The highest BCUT2D eigenvalue weighted by Gasteiger charge is 2.30. The molecule has 37 heavy (non-hydrogen) atoms. The largest absolute Gasteiger partial charge is 0.415 e. The van der Waals surface area contributed by atoms with Gasteiger partial charge >= 0.3 is 6.18 Å². The van der Waals surface area contributed by atoms with Crippen molar-refractivity contribution < 1.29 is 26.7 Å². The fourth-order valence-electron chi connectivity index (χ4n) is 3.20. The van der Waals surface area contributed by atoms with Crippen LogP contribution >= 0.6 is 0 Å². The number of alkyl halides is 3. The van der Waals surface area contributed by atoms with Crippen LogP contribution < -0.4 is 10.6 Å². The average molecular weight is 518 g/mol. The van der Waals surface area contributed by atoms with Gasteiger partial charge in [-0.3, -0.25) is 9.78 Å². The summed E-state index contributed by atoms with van der Waals surface area (Å²) in [6.45, 7) is 8.71. The first-order valence-electron chi connectivity index (χ1n) is 11.2. The highest BCUT2D eigenvalue weighted by Crippen LogP contribution is 2.27. The number of carbonyl (C=O) groups is 1. The minimum absolute atomic E-state index is 0.0842. The Labute approximate surface area is 212 Å². The zero-order valence-corrected chi connectivity index (χ0v) is 20.9. The lowest BCUT2D eigenvalue weighted by Crippen LogP contribution is -2.24. The van der Waals surface area contributed by atoms with Crippen molar-refractivity contribution in [2.45, 2.75) is 33.5 Å². The average Bonchev–Trinajstić information content (AvgIpc) is 2.81. The number of carbonyl (C=O) groups excluding carboxylic acids is 1. The number of nitrogens with zero attached hydrogens (tertiary/aromatic N) is 1. The van der Waals surface area contributed by atoms with Gasteiger partial charge in [0.2, 0.25) is 0 Å². The summed E-state index contributed by atoms with van der Waals surface area (Å²) < 4.78 is 63.1. The SMILES string of the molecule is C=C(/C=C(\NC)c1cc(C)ccn1)C(F)(F)F.Cc1cccc(C(=O)NCc2cc(F)cc(F)c2)c1C. The molecule has 0 spiro atoms. The van der Waals surface area contributed by atoms with Gasteiger partial charge in [-0.1, -0.05) is 18.7 Å². The molecule has 0 fully saturated rings. The lowest BCUT2D eigenvalue weighted by Gasteiger charge is -2.10. The number of benzene rings is 2. The van der Waals surface area contributed by atoms with Crippen LogP contribution in [0.3, 0.4) is 0 Å². The number of pyridine rings is 1. The number of aryl methyl sites for hydroxylation is 2. The molecule has 196 valence electrons. The second kappa shape index (κ2) is 12.8. The van der Waals surface area contributed by atoms with Gasteiger partial charge in [0.1, 0.15) is 11.6 Å². The summed E-state index contributed by atoms with van der Waals surface area (Å²) in [5.74, 6) is -1.56. The molecule has 3 rings (SSSR count). The summed E-state index contributed by atoms with van der Waals surface area (Å²) in [7, 11) is 1.54. The number of allylic oxidation sites excluding steroid dienone is 2. The zero-order chi connectivity index (χ0) is 27.8. The van der Waals surface area contributed by atoms with E-state index in [2.05, 4.69) is 22.2 Å². The zero-order valence-electron chi connectivity index (χ0n) is 20.9. The fraction of sp³-hybridized carbons (Fsp3) is 0.214. The Bertz CT molecular complexity index is 1280. The van der Waals surface area contributed by atoms with Crippen molar-refractivity contribution in [1.29, 1.82) is 0 Å². The molecule has 0 aliphatic carbocycles. The maximum atomic E-state index is 13.0. The molecule has 2 N–H and O–H groups in total. The first-order valence-corrected chi connectivity index (χ1v) is 11.2. The molecule has 0 saturated carbocycles. The Morgan fingerprint density at radius 2 is 1.68 bits per heavy atom. The first kappa shape index (κ1) is 29.2. The van der Waals surface area contributed by atoms with Crippen molar-refractivity contribution in [3.63, 3.8) is 0 Å². The van der Waals surface area contributed by atoms with Gasteiger partial charge in [-0.25, -0.2) is 8.78 Å². The molecule has 0 bridgehead atoms. The van der Waals surface area contributed by atoms with Crippen LogP contribution in [-0.4, -0.2) is 24.1 Å². The van der Waals surface area contributed by atoms with Crippen LogP contribution in [-0.2, 0) is 6.54 Å². The monoisotopic (exact) mass is 517 g/mol. The van der Waals surface area contributed by atoms with Gasteiger partial charge in [-0.2, -0.15) is 13.2 Å². The molecular formula is C28H28F5N3O. The Morgan fingerprint density at radius 3 is 2.24 bits per heavy atom. The van der Waals surface area contributed by atoms with Crippen molar-refractivity contribution in [2.75, 3.05) is 7.05 Å². The van der Waals surface area contributed by atoms with E-state index < -0.39 is 23.4 Å². The normalized spacial score (nSPS) is 11.3. The van der Waals surface area contributed by atoms with Crippen LogP contribution in [0.2, 0.25) is 0 Å². The van der Waals surface area contributed by atoms with Crippen LogP contribution in [0.5, 0.6) is 0 Å². The summed E-state index contributed by atoms with van der Waals surface area (Å²) in [4.78, 5) is 16.1. The van der Waals surface area contributed by atoms with E-state index in [0.29, 0.717) is 16.8 Å². The summed E-state index contributed by atoms with van der Waals surface area (Å²) >= 11 is 0. The number of hydrogen-bond donors (Lipinski definition) is 2. The second-order valence-corrected chi connectivity index (χ2v) is 8.26. The van der Waals surface area contributed by atoms with E-state index in [1.807, 2.05) is 26.8 Å². The van der Waals surface area contributed by atoms with Crippen LogP contribution in [0.1, 0.15) is 38.3 Å². The maximum absolute atomic E-state index is 13.0. The van der Waals surface area contributed by atoms with Crippen LogP contribution in [0, 0.1) is 32.4 Å². The molecular weight excluding hydrogens is 489 g/mol. The van der Waals surface area contributed by atoms with Gasteiger partial charge in [0.05, 0.1) is 17.0 Å². The third kappa shape index (κ3) is 8.86. The van der Waals surface area contributed by atoms with Crippen LogP contribution in [0.15, 0.2) is 73.0 Å². The van der Waals surface area contributed by atoms with E-state index in [0.717, 1.165) is 28.8 Å². The van der Waals surface area contributed by atoms with E-state index in [9.17, 15) is 26.7 Å². The molecule has 1 heterocycles. The van der Waals surface area contributed by atoms with Crippen molar-refractivity contribution >= 4 is 11.6 Å². The Kier molecular flexibility index (Phi) is 10.1. The van der Waals surface area contributed by atoms with Crippen molar-refractivity contribution in [1.82, 2.24) is 15.6 Å². The van der Waals surface area contributed by atoms with Gasteiger partial charge < -0.3 is 10.6 Å². The van der Waals surface area contributed by atoms with Gasteiger partial charge in [0.15, 0.2) is 0 Å². The van der Waals surface area contributed by atoms with Crippen molar-refractivity contribution in [3.05, 3.63) is 118 Å². The smallest absolute Gasteiger partial charge is 0.386 e. The quantitative estimate of drug-likeness (QED) is 0.287. The van der Waals surface area contributed by atoms with E-state index in [-0.39, 0.29) is 18.1 Å². The minimum atomic E-state index is -4.42. The number of rotatable bonds is 6. The third-order valence-electron chi connectivity index (χ3n) is 5.37. The Morgan fingerprint density at radius 1 is 1.03 bits per heavy atom.